The van der Waals surface area contributed by atoms with Crippen LogP contribution in [0.15, 0.2) is 29.3 Å². The maximum Gasteiger partial charge on any atom is 0.191 e. The van der Waals surface area contributed by atoms with Crippen LogP contribution < -0.4 is 15.4 Å². The van der Waals surface area contributed by atoms with Gasteiger partial charge in [-0.2, -0.15) is 0 Å². The third kappa shape index (κ3) is 6.59. The van der Waals surface area contributed by atoms with Gasteiger partial charge >= 0.3 is 0 Å². The van der Waals surface area contributed by atoms with Crippen molar-refractivity contribution < 1.29 is 14.2 Å². The summed E-state index contributed by atoms with van der Waals surface area (Å²) in [6.45, 7) is 3.98. The van der Waals surface area contributed by atoms with Crippen molar-refractivity contribution in [1.82, 2.24) is 10.6 Å². The molecule has 1 aromatic rings. The van der Waals surface area contributed by atoms with Crippen LogP contribution in [0.25, 0.3) is 0 Å². The highest BCUT2D eigenvalue weighted by molar-refractivity contribution is 14.0. The van der Waals surface area contributed by atoms with Gasteiger partial charge in [-0.15, -0.1) is 24.0 Å². The molecule has 0 aliphatic carbocycles. The van der Waals surface area contributed by atoms with E-state index in [1.54, 1.807) is 21.3 Å². The van der Waals surface area contributed by atoms with Gasteiger partial charge in [0.2, 0.25) is 0 Å². The first-order valence-corrected chi connectivity index (χ1v) is 8.90. The van der Waals surface area contributed by atoms with E-state index in [0.717, 1.165) is 63.9 Å². The SMILES string of the molecule is CN=C(NCCCOC)NCC1(c2ccc(OC)cc2)CCOCC1.I. The monoisotopic (exact) mass is 477 g/mol. The largest absolute Gasteiger partial charge is 0.497 e. The van der Waals surface area contributed by atoms with Crippen LogP contribution in [0.4, 0.5) is 0 Å². The molecule has 1 fully saturated rings. The molecular weight excluding hydrogens is 445 g/mol. The standard InChI is InChI=1S/C19H31N3O3.HI/c1-20-18(21-11-4-12-23-2)22-15-19(9-13-25-14-10-19)16-5-7-17(24-3)8-6-16;/h5-8H,4,9-15H2,1-3H3,(H2,20,21,22);1H. The molecule has 2 N–H and O–H groups in total. The van der Waals surface area contributed by atoms with Gasteiger partial charge in [0, 0.05) is 52.5 Å². The van der Waals surface area contributed by atoms with E-state index in [9.17, 15) is 0 Å². The van der Waals surface area contributed by atoms with Gasteiger partial charge in [0.1, 0.15) is 5.75 Å². The Hall–Kier alpha value is -1.06. The summed E-state index contributed by atoms with van der Waals surface area (Å²) in [5.74, 6) is 1.71. The number of nitrogens with one attached hydrogen (secondary N) is 2. The normalized spacial score (nSPS) is 16.5. The van der Waals surface area contributed by atoms with Crippen molar-refractivity contribution in [3.05, 3.63) is 29.8 Å². The lowest BCUT2D eigenvalue weighted by Crippen LogP contribution is -2.48. The van der Waals surface area contributed by atoms with E-state index >= 15 is 0 Å². The van der Waals surface area contributed by atoms with E-state index in [1.165, 1.54) is 5.56 Å². The van der Waals surface area contributed by atoms with Gasteiger partial charge in [0.15, 0.2) is 5.96 Å². The van der Waals surface area contributed by atoms with E-state index in [1.807, 2.05) is 12.1 Å². The second-order valence-corrected chi connectivity index (χ2v) is 6.32. The van der Waals surface area contributed by atoms with E-state index in [2.05, 4.69) is 27.8 Å². The molecule has 0 amide bonds. The van der Waals surface area contributed by atoms with Crippen LogP contribution in [0.5, 0.6) is 5.75 Å². The molecule has 2 rings (SSSR count). The third-order valence-electron chi connectivity index (χ3n) is 4.79. The van der Waals surface area contributed by atoms with Crippen molar-refractivity contribution in [2.75, 3.05) is 54.2 Å². The highest BCUT2D eigenvalue weighted by Crippen LogP contribution is 2.35. The maximum absolute atomic E-state index is 5.60. The second-order valence-electron chi connectivity index (χ2n) is 6.32. The number of guanidine groups is 1. The fraction of sp³-hybridized carbons (Fsp3) is 0.632. The quantitative estimate of drug-likeness (QED) is 0.261. The number of aliphatic imine (C=N–C) groups is 1. The minimum Gasteiger partial charge on any atom is -0.497 e. The lowest BCUT2D eigenvalue weighted by Gasteiger charge is -2.38. The summed E-state index contributed by atoms with van der Waals surface area (Å²) in [7, 11) is 5.21. The molecule has 1 heterocycles. The summed E-state index contributed by atoms with van der Waals surface area (Å²) >= 11 is 0. The summed E-state index contributed by atoms with van der Waals surface area (Å²) in [6, 6.07) is 8.40. The lowest BCUT2D eigenvalue weighted by atomic mass is 9.74. The topological polar surface area (TPSA) is 64.1 Å². The van der Waals surface area contributed by atoms with Gasteiger partial charge in [0.25, 0.3) is 0 Å². The van der Waals surface area contributed by atoms with Crippen LogP contribution in [0.3, 0.4) is 0 Å². The molecule has 1 saturated heterocycles. The minimum absolute atomic E-state index is 0. The number of benzene rings is 1. The van der Waals surface area contributed by atoms with E-state index in [4.69, 9.17) is 14.2 Å². The third-order valence-corrected chi connectivity index (χ3v) is 4.79. The summed E-state index contributed by atoms with van der Waals surface area (Å²) in [6.07, 6.45) is 2.94. The number of ether oxygens (including phenoxy) is 3. The van der Waals surface area contributed by atoms with Gasteiger partial charge in [0.05, 0.1) is 7.11 Å². The van der Waals surface area contributed by atoms with Gasteiger partial charge < -0.3 is 24.8 Å². The molecular formula is C19H32IN3O3. The van der Waals surface area contributed by atoms with Crippen LogP contribution in [-0.4, -0.2) is 60.1 Å². The van der Waals surface area contributed by atoms with E-state index in [0.29, 0.717) is 0 Å². The van der Waals surface area contributed by atoms with Crippen molar-refractivity contribution in [3.8, 4) is 5.75 Å². The predicted octanol–water partition coefficient (Wildman–Crippen LogP) is 2.56. The van der Waals surface area contributed by atoms with Gasteiger partial charge in [-0.05, 0) is 37.0 Å². The summed E-state index contributed by atoms with van der Waals surface area (Å²) in [4.78, 5) is 4.32. The lowest BCUT2D eigenvalue weighted by molar-refractivity contribution is 0.0513. The number of hydrogen-bond donors (Lipinski definition) is 2. The van der Waals surface area contributed by atoms with E-state index in [-0.39, 0.29) is 29.4 Å². The molecule has 7 heteroatoms. The molecule has 0 bridgehead atoms. The zero-order valence-electron chi connectivity index (χ0n) is 16.0. The first kappa shape index (κ1) is 23.0. The molecule has 1 aliphatic heterocycles. The van der Waals surface area contributed by atoms with Gasteiger partial charge in [-0.25, -0.2) is 0 Å². The van der Waals surface area contributed by atoms with Crippen LogP contribution in [0.2, 0.25) is 0 Å². The Morgan fingerprint density at radius 1 is 1.15 bits per heavy atom. The van der Waals surface area contributed by atoms with Crippen molar-refractivity contribution in [2.24, 2.45) is 4.99 Å². The van der Waals surface area contributed by atoms with Crippen molar-refractivity contribution in [3.63, 3.8) is 0 Å². The molecule has 26 heavy (non-hydrogen) atoms. The molecule has 1 aliphatic rings. The molecule has 0 radical (unpaired) electrons. The van der Waals surface area contributed by atoms with Gasteiger partial charge in [-0.3, -0.25) is 4.99 Å². The Morgan fingerprint density at radius 2 is 1.85 bits per heavy atom. The van der Waals surface area contributed by atoms with Crippen LogP contribution in [0.1, 0.15) is 24.8 Å². The number of hydrogen-bond acceptors (Lipinski definition) is 4. The average Bonchev–Trinajstić information content (AvgIpc) is 2.68. The average molecular weight is 477 g/mol. The van der Waals surface area contributed by atoms with Crippen molar-refractivity contribution in [1.29, 1.82) is 0 Å². The number of methoxy groups -OCH3 is 2. The van der Waals surface area contributed by atoms with Crippen molar-refractivity contribution in [2.45, 2.75) is 24.7 Å². The summed E-state index contributed by atoms with van der Waals surface area (Å²) < 4.78 is 16.0. The van der Waals surface area contributed by atoms with E-state index < -0.39 is 0 Å². The smallest absolute Gasteiger partial charge is 0.191 e. The molecule has 0 atom stereocenters. The predicted molar refractivity (Wildman–Crippen MR) is 116 cm³/mol. The Bertz CT molecular complexity index is 531. The molecule has 1 aromatic carbocycles. The zero-order chi connectivity index (χ0) is 18.0. The van der Waals surface area contributed by atoms with Crippen LogP contribution in [0, 0.1) is 0 Å². The van der Waals surface area contributed by atoms with Crippen molar-refractivity contribution >= 4 is 29.9 Å². The maximum atomic E-state index is 5.60. The highest BCUT2D eigenvalue weighted by atomic mass is 127. The minimum atomic E-state index is 0. The van der Waals surface area contributed by atoms with Crippen LogP contribution >= 0.6 is 24.0 Å². The van der Waals surface area contributed by atoms with Gasteiger partial charge in [-0.1, -0.05) is 12.1 Å². The Labute approximate surface area is 174 Å². The fourth-order valence-electron chi connectivity index (χ4n) is 3.17. The summed E-state index contributed by atoms with van der Waals surface area (Å²) in [5, 5.41) is 6.83. The van der Waals surface area contributed by atoms with Crippen LogP contribution in [-0.2, 0) is 14.9 Å². The Morgan fingerprint density at radius 3 is 2.42 bits per heavy atom. The number of rotatable bonds is 8. The molecule has 148 valence electrons. The number of nitrogens with zero attached hydrogens (tertiary/aromatic N) is 1. The Kier molecular flexibility index (Phi) is 10.9. The zero-order valence-corrected chi connectivity index (χ0v) is 18.4. The first-order chi connectivity index (χ1) is 12.2. The number of halogens is 1. The Balaban J connectivity index is 0.00000338. The first-order valence-electron chi connectivity index (χ1n) is 8.90. The molecule has 0 aromatic heterocycles. The molecule has 0 unspecified atom stereocenters. The molecule has 0 saturated carbocycles. The summed E-state index contributed by atoms with van der Waals surface area (Å²) in [5.41, 5.74) is 1.37. The highest BCUT2D eigenvalue weighted by Gasteiger charge is 2.34. The second kappa shape index (κ2) is 12.3. The molecule has 0 spiro atoms. The fourth-order valence-corrected chi connectivity index (χ4v) is 3.17. The molecule has 6 nitrogen and oxygen atoms in total.